The molecule has 0 aliphatic carbocycles. The summed E-state index contributed by atoms with van der Waals surface area (Å²) in [5.74, 6) is -0.456. The summed E-state index contributed by atoms with van der Waals surface area (Å²) in [7, 11) is 1.29. The molecule has 0 spiro atoms. The summed E-state index contributed by atoms with van der Waals surface area (Å²) in [6.07, 6.45) is 2.57. The number of hydrogen-bond donors (Lipinski definition) is 1. The highest BCUT2D eigenvalue weighted by Crippen LogP contribution is 2.01. The fourth-order valence-electron chi connectivity index (χ4n) is 0.340. The molecule has 0 aliphatic heterocycles. The van der Waals surface area contributed by atoms with Crippen molar-refractivity contribution < 1.29 is 14.6 Å². The first-order valence-corrected chi connectivity index (χ1v) is 2.95. The molecule has 3 heteroatoms. The largest absolute Gasteiger partial charge is 0.466 e. The zero-order valence-electron chi connectivity index (χ0n) is 6.42. The van der Waals surface area contributed by atoms with Crippen LogP contribution in [0.5, 0.6) is 0 Å². The van der Waals surface area contributed by atoms with E-state index < -0.39 is 11.6 Å². The van der Waals surface area contributed by atoms with E-state index in [1.807, 2.05) is 0 Å². The second-order valence-electron chi connectivity index (χ2n) is 2.51. The molecule has 0 atom stereocenters. The minimum absolute atomic E-state index is 0.456. The molecule has 10 heavy (non-hydrogen) atoms. The number of carbonyl (C=O) groups excluding carboxylic acids is 1. The number of esters is 1. The zero-order chi connectivity index (χ0) is 8.20. The van der Waals surface area contributed by atoms with Crippen LogP contribution in [0.2, 0.25) is 0 Å². The maximum atomic E-state index is 10.4. The average molecular weight is 144 g/mol. The molecule has 0 heterocycles. The Kier molecular flexibility index (Phi) is 3.09. The van der Waals surface area contributed by atoms with Gasteiger partial charge in [0.05, 0.1) is 12.7 Å². The number of aliphatic hydroxyl groups is 1. The van der Waals surface area contributed by atoms with Gasteiger partial charge in [-0.2, -0.15) is 0 Å². The van der Waals surface area contributed by atoms with Gasteiger partial charge in [0.15, 0.2) is 0 Å². The average Bonchev–Trinajstić information content (AvgIpc) is 1.81. The fraction of sp³-hybridized carbons (Fsp3) is 0.571. The molecule has 1 N–H and O–H groups in total. The van der Waals surface area contributed by atoms with Crippen molar-refractivity contribution >= 4 is 5.97 Å². The molecule has 0 fully saturated rings. The monoisotopic (exact) mass is 144 g/mol. The Morgan fingerprint density at radius 3 is 2.40 bits per heavy atom. The third-order valence-electron chi connectivity index (χ3n) is 0.828. The summed E-state index contributed by atoms with van der Waals surface area (Å²) in [6, 6.07) is 0. The van der Waals surface area contributed by atoms with E-state index in [2.05, 4.69) is 4.74 Å². The zero-order valence-corrected chi connectivity index (χ0v) is 6.42. The predicted molar refractivity (Wildman–Crippen MR) is 37.5 cm³/mol. The van der Waals surface area contributed by atoms with Crippen molar-refractivity contribution in [3.63, 3.8) is 0 Å². The standard InChI is InChI=1S/C7H12O3/c1-7(2,9)5-4-6(8)10-3/h4-5,9H,1-3H3. The maximum absolute atomic E-state index is 10.4. The molecule has 0 aliphatic rings. The van der Waals surface area contributed by atoms with Crippen molar-refractivity contribution in [2.45, 2.75) is 19.4 Å². The summed E-state index contributed by atoms with van der Waals surface area (Å²) < 4.78 is 4.31. The second-order valence-corrected chi connectivity index (χ2v) is 2.51. The summed E-state index contributed by atoms with van der Waals surface area (Å²) in [4.78, 5) is 10.4. The predicted octanol–water partition coefficient (Wildman–Crippen LogP) is 0.486. The quantitative estimate of drug-likeness (QED) is 0.453. The molecule has 58 valence electrons. The SMILES string of the molecule is COC(=O)C=CC(C)(C)O. The van der Waals surface area contributed by atoms with Crippen LogP contribution in [-0.2, 0) is 9.53 Å². The lowest BCUT2D eigenvalue weighted by Crippen LogP contribution is -2.14. The lowest BCUT2D eigenvalue weighted by molar-refractivity contribution is -0.134. The molecule has 0 radical (unpaired) electrons. The minimum Gasteiger partial charge on any atom is -0.466 e. The summed E-state index contributed by atoms with van der Waals surface area (Å²) in [5.41, 5.74) is -0.950. The van der Waals surface area contributed by atoms with Gasteiger partial charge >= 0.3 is 5.97 Å². The summed E-state index contributed by atoms with van der Waals surface area (Å²) in [5, 5.41) is 9.07. The fourth-order valence-corrected chi connectivity index (χ4v) is 0.340. The highest BCUT2D eigenvalue weighted by Gasteiger charge is 2.06. The molecule has 3 nitrogen and oxygen atoms in total. The Bertz CT molecular complexity index is 141. The van der Waals surface area contributed by atoms with Gasteiger partial charge in [0.1, 0.15) is 0 Å². The lowest BCUT2D eigenvalue weighted by atomic mass is 10.1. The lowest BCUT2D eigenvalue weighted by Gasteiger charge is -2.08. The van der Waals surface area contributed by atoms with E-state index in [1.54, 1.807) is 13.8 Å². The van der Waals surface area contributed by atoms with Gasteiger partial charge < -0.3 is 9.84 Å². The Hall–Kier alpha value is -0.830. The maximum Gasteiger partial charge on any atom is 0.330 e. The van der Waals surface area contributed by atoms with E-state index in [0.717, 1.165) is 0 Å². The molecule has 0 saturated carbocycles. The van der Waals surface area contributed by atoms with Crippen LogP contribution in [0.4, 0.5) is 0 Å². The second kappa shape index (κ2) is 3.37. The van der Waals surface area contributed by atoms with Crippen molar-refractivity contribution in [2.24, 2.45) is 0 Å². The first kappa shape index (κ1) is 9.17. The highest BCUT2D eigenvalue weighted by atomic mass is 16.5. The summed E-state index contributed by atoms with van der Waals surface area (Å²) in [6.45, 7) is 3.15. The van der Waals surface area contributed by atoms with Crippen LogP contribution >= 0.6 is 0 Å². The van der Waals surface area contributed by atoms with Crippen LogP contribution in [0, 0.1) is 0 Å². The van der Waals surface area contributed by atoms with Crippen LogP contribution in [0.3, 0.4) is 0 Å². The van der Waals surface area contributed by atoms with Gasteiger partial charge in [-0.05, 0) is 19.9 Å². The molecule has 0 saturated heterocycles. The van der Waals surface area contributed by atoms with Crippen LogP contribution in [0.1, 0.15) is 13.8 Å². The van der Waals surface area contributed by atoms with Gasteiger partial charge in [0.25, 0.3) is 0 Å². The molecule has 0 aromatic heterocycles. The van der Waals surface area contributed by atoms with Crippen molar-refractivity contribution in [3.05, 3.63) is 12.2 Å². The molecule has 0 aromatic carbocycles. The van der Waals surface area contributed by atoms with Crippen LogP contribution in [-0.4, -0.2) is 23.8 Å². The number of ether oxygens (including phenoxy) is 1. The Morgan fingerprint density at radius 2 is 2.10 bits per heavy atom. The van der Waals surface area contributed by atoms with Gasteiger partial charge in [0.2, 0.25) is 0 Å². The van der Waals surface area contributed by atoms with Crippen molar-refractivity contribution in [3.8, 4) is 0 Å². The Morgan fingerprint density at radius 1 is 1.60 bits per heavy atom. The number of hydrogen-bond acceptors (Lipinski definition) is 3. The van der Waals surface area contributed by atoms with Gasteiger partial charge in [-0.1, -0.05) is 0 Å². The molecule has 0 rings (SSSR count). The van der Waals surface area contributed by atoms with Gasteiger partial charge in [0, 0.05) is 6.08 Å². The number of carbonyl (C=O) groups is 1. The van der Waals surface area contributed by atoms with Gasteiger partial charge in [-0.3, -0.25) is 0 Å². The molecule has 0 amide bonds. The van der Waals surface area contributed by atoms with Crippen LogP contribution < -0.4 is 0 Å². The van der Waals surface area contributed by atoms with Crippen molar-refractivity contribution in [1.82, 2.24) is 0 Å². The normalized spacial score (nSPS) is 12.0. The highest BCUT2D eigenvalue weighted by molar-refractivity contribution is 5.81. The molecule has 0 unspecified atom stereocenters. The van der Waals surface area contributed by atoms with Gasteiger partial charge in [-0.25, -0.2) is 4.79 Å². The van der Waals surface area contributed by atoms with Crippen LogP contribution in [0.25, 0.3) is 0 Å². The molecule has 0 bridgehead atoms. The molecular weight excluding hydrogens is 132 g/mol. The Labute approximate surface area is 60.3 Å². The van der Waals surface area contributed by atoms with Crippen molar-refractivity contribution in [2.75, 3.05) is 7.11 Å². The van der Waals surface area contributed by atoms with E-state index in [-0.39, 0.29) is 0 Å². The number of rotatable bonds is 2. The molecule has 0 aromatic rings. The van der Waals surface area contributed by atoms with E-state index in [0.29, 0.717) is 0 Å². The van der Waals surface area contributed by atoms with Gasteiger partial charge in [-0.15, -0.1) is 0 Å². The van der Waals surface area contributed by atoms with Crippen LogP contribution in [0.15, 0.2) is 12.2 Å². The topological polar surface area (TPSA) is 46.5 Å². The summed E-state index contributed by atoms with van der Waals surface area (Å²) >= 11 is 0. The minimum atomic E-state index is -0.950. The number of methoxy groups -OCH3 is 1. The third-order valence-corrected chi connectivity index (χ3v) is 0.828. The Balaban J connectivity index is 3.88. The van der Waals surface area contributed by atoms with Crippen molar-refractivity contribution in [1.29, 1.82) is 0 Å². The first-order chi connectivity index (χ1) is 4.45. The third kappa shape index (κ3) is 5.31. The first-order valence-electron chi connectivity index (χ1n) is 2.95. The van der Waals surface area contributed by atoms with E-state index in [4.69, 9.17) is 5.11 Å². The van der Waals surface area contributed by atoms with E-state index in [9.17, 15) is 4.79 Å². The smallest absolute Gasteiger partial charge is 0.330 e. The van der Waals surface area contributed by atoms with E-state index >= 15 is 0 Å². The molecular formula is C7H12O3. The van der Waals surface area contributed by atoms with E-state index in [1.165, 1.54) is 19.3 Å².